The van der Waals surface area contributed by atoms with Crippen LogP contribution in [0.25, 0.3) is 0 Å². The van der Waals surface area contributed by atoms with Crippen molar-refractivity contribution in [3.05, 3.63) is 58.2 Å². The minimum absolute atomic E-state index is 0.00516. The van der Waals surface area contributed by atoms with E-state index in [0.717, 1.165) is 12.8 Å². The summed E-state index contributed by atoms with van der Waals surface area (Å²) in [6, 6.07) is 7.18. The molecule has 0 bridgehead atoms. The van der Waals surface area contributed by atoms with Crippen LogP contribution in [0, 0.1) is 16.7 Å². The van der Waals surface area contributed by atoms with E-state index in [1.165, 1.54) is 24.8 Å². The first kappa shape index (κ1) is 25.3. The summed E-state index contributed by atoms with van der Waals surface area (Å²) in [5.41, 5.74) is 4.19. The second-order valence-corrected chi connectivity index (χ2v) is 10.4. The minimum Gasteiger partial charge on any atom is -0.289 e. The number of Topliss-reactive ketones (excluding diaryl/α,β-unsaturated/α-hetero) is 2. The van der Waals surface area contributed by atoms with Crippen LogP contribution in [-0.4, -0.2) is 11.6 Å². The van der Waals surface area contributed by atoms with Crippen LogP contribution in [0.2, 0.25) is 0 Å². The molecule has 0 amide bonds. The van der Waals surface area contributed by atoms with E-state index in [4.69, 9.17) is 0 Å². The Morgan fingerprint density at radius 2 is 1.58 bits per heavy atom. The lowest BCUT2D eigenvalue weighted by Crippen LogP contribution is -2.22. The highest BCUT2D eigenvalue weighted by Gasteiger charge is 2.30. The third-order valence-corrected chi connectivity index (χ3v) is 8.44. The molecule has 0 saturated carbocycles. The summed E-state index contributed by atoms with van der Waals surface area (Å²) in [7, 11) is 0. The van der Waals surface area contributed by atoms with Crippen molar-refractivity contribution in [2.75, 3.05) is 0 Å². The molecule has 170 valence electrons. The van der Waals surface area contributed by atoms with E-state index in [0.29, 0.717) is 40.0 Å². The number of carbonyl (C=O) groups excluding carboxylic acids is 2. The summed E-state index contributed by atoms with van der Waals surface area (Å²) in [6.45, 7) is 18.0. The number of benzene rings is 1. The molecule has 0 spiro atoms. The zero-order valence-electron chi connectivity index (χ0n) is 21.0. The molecule has 0 fully saturated rings. The Bertz CT molecular complexity index is 884. The molecule has 31 heavy (non-hydrogen) atoms. The third-order valence-electron chi connectivity index (χ3n) is 8.44. The van der Waals surface area contributed by atoms with Gasteiger partial charge in [0.1, 0.15) is 0 Å². The van der Waals surface area contributed by atoms with Gasteiger partial charge in [-0.1, -0.05) is 96.7 Å². The molecule has 0 saturated heterocycles. The summed E-state index contributed by atoms with van der Waals surface area (Å²) in [6.07, 6.45) is 8.64. The maximum Gasteiger partial charge on any atom is 0.190 e. The molecule has 1 aliphatic rings. The van der Waals surface area contributed by atoms with Gasteiger partial charge in [0.15, 0.2) is 11.6 Å². The maximum atomic E-state index is 13.0. The van der Waals surface area contributed by atoms with Gasteiger partial charge in [-0.05, 0) is 49.9 Å². The normalized spacial score (nSPS) is 18.1. The van der Waals surface area contributed by atoms with Gasteiger partial charge in [0, 0.05) is 22.3 Å². The van der Waals surface area contributed by atoms with Crippen LogP contribution in [0.15, 0.2) is 47.1 Å². The topological polar surface area (TPSA) is 34.1 Å². The van der Waals surface area contributed by atoms with E-state index in [-0.39, 0.29) is 17.0 Å². The van der Waals surface area contributed by atoms with E-state index in [1.807, 2.05) is 12.1 Å². The van der Waals surface area contributed by atoms with Crippen LogP contribution in [0.5, 0.6) is 0 Å². The number of allylic oxidation sites excluding steroid dienone is 4. The predicted molar refractivity (Wildman–Crippen MR) is 132 cm³/mol. The highest BCUT2D eigenvalue weighted by molar-refractivity contribution is 6.26. The van der Waals surface area contributed by atoms with E-state index < -0.39 is 0 Å². The first-order chi connectivity index (χ1) is 14.5. The van der Waals surface area contributed by atoms with Crippen LogP contribution >= 0.6 is 0 Å². The van der Waals surface area contributed by atoms with Crippen LogP contribution in [0.1, 0.15) is 115 Å². The lowest BCUT2D eigenvalue weighted by molar-refractivity contribution is 0.0973. The Kier molecular flexibility index (Phi) is 8.25. The predicted octanol–water partition coefficient (Wildman–Crippen LogP) is 8.38. The zero-order chi connectivity index (χ0) is 23.4. The van der Waals surface area contributed by atoms with Crippen molar-refractivity contribution in [1.29, 1.82) is 0 Å². The molecular weight excluding hydrogens is 380 g/mol. The number of hydrogen-bond donors (Lipinski definition) is 0. The molecule has 2 atom stereocenters. The fraction of sp³-hybridized carbons (Fsp3) is 0.586. The second kappa shape index (κ2) is 10.1. The summed E-state index contributed by atoms with van der Waals surface area (Å²) in [5, 5.41) is 0. The van der Waals surface area contributed by atoms with Crippen LogP contribution < -0.4 is 0 Å². The Morgan fingerprint density at radius 1 is 1.00 bits per heavy atom. The lowest BCUT2D eigenvalue weighted by Gasteiger charge is -2.34. The molecule has 2 unspecified atom stereocenters. The first-order valence-corrected chi connectivity index (χ1v) is 12.0. The summed E-state index contributed by atoms with van der Waals surface area (Å²) in [4.78, 5) is 25.8. The van der Waals surface area contributed by atoms with Crippen molar-refractivity contribution in [3.63, 3.8) is 0 Å². The zero-order valence-corrected chi connectivity index (χ0v) is 21.0. The smallest absolute Gasteiger partial charge is 0.190 e. The van der Waals surface area contributed by atoms with Crippen molar-refractivity contribution in [2.24, 2.45) is 16.7 Å². The summed E-state index contributed by atoms with van der Waals surface area (Å²) < 4.78 is 0. The average Bonchev–Trinajstić information content (AvgIpc) is 2.76. The van der Waals surface area contributed by atoms with Gasteiger partial charge in [-0.25, -0.2) is 0 Å². The van der Waals surface area contributed by atoms with Crippen molar-refractivity contribution >= 4 is 11.6 Å². The lowest BCUT2D eigenvalue weighted by atomic mass is 9.72. The Labute approximate surface area is 190 Å². The largest absolute Gasteiger partial charge is 0.289 e. The maximum absolute atomic E-state index is 13.0. The van der Waals surface area contributed by atoms with Gasteiger partial charge >= 0.3 is 0 Å². The number of fused-ring (bicyclic) bond motifs is 1. The van der Waals surface area contributed by atoms with Gasteiger partial charge in [-0.2, -0.15) is 0 Å². The van der Waals surface area contributed by atoms with Crippen molar-refractivity contribution in [2.45, 2.75) is 93.9 Å². The van der Waals surface area contributed by atoms with E-state index >= 15 is 0 Å². The molecule has 2 heteroatoms. The molecule has 0 aliphatic heterocycles. The number of hydrogen-bond acceptors (Lipinski definition) is 2. The van der Waals surface area contributed by atoms with Crippen LogP contribution in [0.4, 0.5) is 0 Å². The fourth-order valence-corrected chi connectivity index (χ4v) is 4.49. The van der Waals surface area contributed by atoms with Gasteiger partial charge < -0.3 is 0 Å². The van der Waals surface area contributed by atoms with Crippen molar-refractivity contribution in [1.82, 2.24) is 0 Å². The summed E-state index contributed by atoms with van der Waals surface area (Å²) >= 11 is 0. The van der Waals surface area contributed by atoms with Gasteiger partial charge in [0.25, 0.3) is 0 Å². The van der Waals surface area contributed by atoms with Crippen LogP contribution in [0.3, 0.4) is 0 Å². The van der Waals surface area contributed by atoms with Crippen molar-refractivity contribution < 1.29 is 9.59 Å². The highest BCUT2D eigenvalue weighted by Crippen LogP contribution is 2.40. The molecule has 1 aromatic carbocycles. The van der Waals surface area contributed by atoms with Gasteiger partial charge in [-0.3, -0.25) is 9.59 Å². The molecule has 0 heterocycles. The minimum atomic E-state index is -0.0120. The van der Waals surface area contributed by atoms with Gasteiger partial charge in [-0.15, -0.1) is 0 Å². The van der Waals surface area contributed by atoms with Crippen LogP contribution in [-0.2, 0) is 0 Å². The monoisotopic (exact) mass is 422 g/mol. The first-order valence-electron chi connectivity index (χ1n) is 12.0. The number of rotatable bonds is 10. The molecule has 1 aliphatic carbocycles. The number of ketones is 2. The molecular formula is C29H42O2. The standard InChI is InChI=1S/C29H42O2/c1-9-28(6,7)20(3)14-13-19-29(8,10-2)21(4)17-18-23-22(5)26(30)24-15-11-12-16-25(24)27(23)31/h11-12,15-17,20H,9-10,13-14,18-19H2,1-8H3/b21-17+. The quantitative estimate of drug-likeness (QED) is 0.355. The molecule has 0 N–H and O–H groups in total. The molecule has 1 aromatic rings. The Balaban J connectivity index is 2.13. The van der Waals surface area contributed by atoms with Crippen molar-refractivity contribution in [3.8, 4) is 0 Å². The fourth-order valence-electron chi connectivity index (χ4n) is 4.49. The Hall–Kier alpha value is -1.96. The Morgan fingerprint density at radius 3 is 2.13 bits per heavy atom. The SMILES string of the molecule is CCC(C)(CCCC(C)C(C)(C)CC)/C(C)=C/CC1=C(C)C(=O)c2ccccc2C1=O. The molecule has 2 rings (SSSR count). The van der Waals surface area contributed by atoms with Gasteiger partial charge in [0.05, 0.1) is 0 Å². The second-order valence-electron chi connectivity index (χ2n) is 10.4. The van der Waals surface area contributed by atoms with Gasteiger partial charge in [0.2, 0.25) is 0 Å². The third kappa shape index (κ3) is 5.45. The molecule has 0 radical (unpaired) electrons. The van der Waals surface area contributed by atoms with E-state index in [9.17, 15) is 9.59 Å². The number of carbonyl (C=O) groups is 2. The summed E-state index contributed by atoms with van der Waals surface area (Å²) in [5.74, 6) is 0.703. The molecule has 0 aromatic heterocycles. The van der Waals surface area contributed by atoms with E-state index in [2.05, 4.69) is 54.5 Å². The van der Waals surface area contributed by atoms with E-state index in [1.54, 1.807) is 19.1 Å². The average molecular weight is 423 g/mol. The molecule has 2 nitrogen and oxygen atoms in total. The highest BCUT2D eigenvalue weighted by atomic mass is 16.1.